The number of esters is 2. The van der Waals surface area contributed by atoms with Crippen molar-refractivity contribution in [3.63, 3.8) is 0 Å². The van der Waals surface area contributed by atoms with Crippen molar-refractivity contribution in [1.82, 2.24) is 0 Å². The monoisotopic (exact) mass is 491 g/mol. The van der Waals surface area contributed by atoms with E-state index in [1.54, 1.807) is 30.3 Å². The molecule has 34 heavy (non-hydrogen) atoms. The fraction of sp³-hybridized carbons (Fsp3) is 0.174. The van der Waals surface area contributed by atoms with E-state index in [4.69, 9.17) is 26.8 Å². The summed E-state index contributed by atoms with van der Waals surface area (Å²) in [4.78, 5) is 26.7. The number of carbonyl (C=O) groups is 2. The van der Waals surface area contributed by atoms with Gasteiger partial charge in [0, 0.05) is 10.7 Å². The number of hydrogen-bond donors (Lipinski definition) is 1. The third kappa shape index (κ3) is 4.43. The van der Waals surface area contributed by atoms with E-state index >= 15 is 0 Å². The number of alkyl halides is 3. The molecule has 0 radical (unpaired) electrons. The van der Waals surface area contributed by atoms with Gasteiger partial charge in [-0.05, 0) is 23.8 Å². The Morgan fingerprint density at radius 2 is 1.71 bits per heavy atom. The van der Waals surface area contributed by atoms with Gasteiger partial charge >= 0.3 is 18.1 Å². The third-order valence-corrected chi connectivity index (χ3v) is 5.30. The molecule has 1 atom stereocenters. The number of rotatable bonds is 4. The minimum absolute atomic E-state index is 0.187. The van der Waals surface area contributed by atoms with Gasteiger partial charge in [0.15, 0.2) is 0 Å². The summed E-state index contributed by atoms with van der Waals surface area (Å²) >= 11 is 5.93. The Hall–Kier alpha value is -3.97. The van der Waals surface area contributed by atoms with Crippen molar-refractivity contribution in [2.24, 2.45) is 5.73 Å². The first-order chi connectivity index (χ1) is 16.0. The molecule has 1 heterocycles. The summed E-state index contributed by atoms with van der Waals surface area (Å²) in [6, 6.07) is 12.6. The molecule has 0 fully saturated rings. The number of nitrogens with two attached hydrogens (primary N) is 1. The van der Waals surface area contributed by atoms with Gasteiger partial charge in [-0.1, -0.05) is 41.9 Å². The molecule has 2 aromatic rings. The zero-order valence-electron chi connectivity index (χ0n) is 17.8. The van der Waals surface area contributed by atoms with Gasteiger partial charge in [-0.2, -0.15) is 18.4 Å². The summed E-state index contributed by atoms with van der Waals surface area (Å²) < 4.78 is 50.1. The van der Waals surface area contributed by atoms with E-state index in [9.17, 15) is 28.0 Å². The summed E-state index contributed by atoms with van der Waals surface area (Å²) in [5.41, 5.74) is 4.21. The molecule has 7 nitrogen and oxygen atoms in total. The molecule has 1 aliphatic heterocycles. The van der Waals surface area contributed by atoms with Gasteiger partial charge in [0.05, 0.1) is 42.9 Å². The highest BCUT2D eigenvalue weighted by Crippen LogP contribution is 2.44. The van der Waals surface area contributed by atoms with Crippen LogP contribution < -0.4 is 10.6 Å². The minimum atomic E-state index is -4.78. The highest BCUT2D eigenvalue weighted by molar-refractivity contribution is 6.31. The summed E-state index contributed by atoms with van der Waals surface area (Å²) in [6.07, 6.45) is -4.78. The number of methoxy groups -OCH3 is 2. The van der Waals surface area contributed by atoms with Gasteiger partial charge < -0.3 is 15.2 Å². The van der Waals surface area contributed by atoms with E-state index < -0.39 is 35.3 Å². The van der Waals surface area contributed by atoms with Crippen molar-refractivity contribution >= 4 is 29.2 Å². The lowest BCUT2D eigenvalue weighted by Gasteiger charge is -2.36. The van der Waals surface area contributed by atoms with Crippen molar-refractivity contribution < 1.29 is 32.2 Å². The maximum absolute atomic E-state index is 13.5. The lowest BCUT2D eigenvalue weighted by Crippen LogP contribution is -2.40. The van der Waals surface area contributed by atoms with Crippen molar-refractivity contribution in [3.05, 3.63) is 87.3 Å². The van der Waals surface area contributed by atoms with E-state index in [2.05, 4.69) is 0 Å². The van der Waals surface area contributed by atoms with Crippen molar-refractivity contribution in [1.29, 1.82) is 5.26 Å². The van der Waals surface area contributed by atoms with Crippen LogP contribution in [0.3, 0.4) is 0 Å². The summed E-state index contributed by atoms with van der Waals surface area (Å²) in [6.45, 7) is 0. The van der Waals surface area contributed by atoms with E-state index in [1.807, 2.05) is 6.07 Å². The van der Waals surface area contributed by atoms with Crippen molar-refractivity contribution in [3.8, 4) is 6.07 Å². The second-order valence-corrected chi connectivity index (χ2v) is 7.47. The first-order valence-corrected chi connectivity index (χ1v) is 9.96. The van der Waals surface area contributed by atoms with Gasteiger partial charge in [0.2, 0.25) is 0 Å². The van der Waals surface area contributed by atoms with E-state index in [0.29, 0.717) is 17.7 Å². The highest BCUT2D eigenvalue weighted by Gasteiger charge is 2.43. The first kappa shape index (κ1) is 24.7. The average Bonchev–Trinajstić information content (AvgIpc) is 2.81. The number of ether oxygens (including phenoxy) is 2. The van der Waals surface area contributed by atoms with E-state index in [-0.39, 0.29) is 27.7 Å². The molecular weight excluding hydrogens is 475 g/mol. The molecule has 1 aliphatic rings. The number of benzene rings is 2. The fourth-order valence-electron chi connectivity index (χ4n) is 3.65. The first-order valence-electron chi connectivity index (χ1n) is 9.58. The van der Waals surface area contributed by atoms with Crippen LogP contribution in [0.5, 0.6) is 0 Å². The van der Waals surface area contributed by atoms with E-state index in [1.165, 1.54) is 0 Å². The fourth-order valence-corrected chi connectivity index (χ4v) is 3.88. The molecule has 0 amide bonds. The molecule has 11 heteroatoms. The number of anilines is 1. The quantitative estimate of drug-likeness (QED) is 0.637. The molecule has 176 valence electrons. The molecule has 0 spiro atoms. The van der Waals surface area contributed by atoms with Crippen LogP contribution in [0.4, 0.5) is 18.9 Å². The van der Waals surface area contributed by atoms with Gasteiger partial charge in [-0.3, -0.25) is 4.90 Å². The normalized spacial score (nSPS) is 16.3. The minimum Gasteiger partial charge on any atom is -0.466 e. The number of nitrogens with zero attached hydrogens (tertiary/aromatic N) is 2. The Morgan fingerprint density at radius 1 is 1.09 bits per heavy atom. The van der Waals surface area contributed by atoms with Crippen molar-refractivity contribution in [2.75, 3.05) is 19.1 Å². The van der Waals surface area contributed by atoms with Gasteiger partial charge in [0.1, 0.15) is 11.5 Å². The molecule has 0 saturated heterocycles. The second kappa shape index (κ2) is 9.49. The number of nitriles is 1. The predicted octanol–water partition coefficient (Wildman–Crippen LogP) is 4.26. The molecule has 0 aromatic heterocycles. The van der Waals surface area contributed by atoms with Crippen LogP contribution in [0.25, 0.3) is 0 Å². The summed E-state index contributed by atoms with van der Waals surface area (Å²) in [5, 5.41) is 9.62. The van der Waals surface area contributed by atoms with Crippen LogP contribution in [0.2, 0.25) is 5.02 Å². The number of halogens is 4. The molecule has 2 aromatic carbocycles. The van der Waals surface area contributed by atoms with Crippen LogP contribution >= 0.6 is 11.6 Å². The average molecular weight is 492 g/mol. The van der Waals surface area contributed by atoms with Gasteiger partial charge in [-0.25, -0.2) is 9.59 Å². The Balaban J connectivity index is 2.44. The largest absolute Gasteiger partial charge is 0.466 e. The van der Waals surface area contributed by atoms with E-state index in [0.717, 1.165) is 25.2 Å². The zero-order valence-corrected chi connectivity index (χ0v) is 18.6. The highest BCUT2D eigenvalue weighted by atomic mass is 35.5. The summed E-state index contributed by atoms with van der Waals surface area (Å²) in [7, 11) is 2.09. The predicted molar refractivity (Wildman–Crippen MR) is 116 cm³/mol. The van der Waals surface area contributed by atoms with Crippen LogP contribution in [-0.2, 0) is 25.2 Å². The maximum atomic E-state index is 13.5. The lowest BCUT2D eigenvalue weighted by atomic mass is 9.81. The van der Waals surface area contributed by atoms with Crippen LogP contribution in [-0.4, -0.2) is 26.2 Å². The lowest BCUT2D eigenvalue weighted by molar-refractivity contribution is -0.139. The molecule has 2 N–H and O–H groups in total. The Morgan fingerprint density at radius 3 is 2.24 bits per heavy atom. The van der Waals surface area contributed by atoms with Crippen LogP contribution in [0.15, 0.2) is 71.2 Å². The molecule has 0 bridgehead atoms. The van der Waals surface area contributed by atoms with Gasteiger partial charge in [0.25, 0.3) is 0 Å². The molecule has 3 rings (SSSR count). The maximum Gasteiger partial charge on any atom is 0.416 e. The molecule has 0 saturated carbocycles. The smallest absolute Gasteiger partial charge is 0.416 e. The number of hydrogen-bond acceptors (Lipinski definition) is 7. The zero-order chi connectivity index (χ0) is 25.2. The number of allylic oxidation sites excluding steroid dienone is 1. The van der Waals surface area contributed by atoms with Crippen LogP contribution in [0.1, 0.15) is 17.0 Å². The molecular formula is C23H17ClF3N3O4. The van der Waals surface area contributed by atoms with Gasteiger partial charge in [-0.15, -0.1) is 0 Å². The topological polar surface area (TPSA) is 106 Å². The Labute approximate surface area is 197 Å². The Kier molecular flexibility index (Phi) is 6.88. The Bertz CT molecular complexity index is 1250. The molecule has 0 aliphatic carbocycles. The third-order valence-electron chi connectivity index (χ3n) is 5.08. The summed E-state index contributed by atoms with van der Waals surface area (Å²) in [5.74, 6) is -3.61. The van der Waals surface area contributed by atoms with Crippen molar-refractivity contribution in [2.45, 2.75) is 12.1 Å². The molecule has 1 unspecified atom stereocenters. The second-order valence-electron chi connectivity index (χ2n) is 7.03. The standard InChI is InChI=1S/C23H17ClF3N3O4/c1-33-21(31)18-17(12-6-4-3-5-7-12)16(11-28)20(29)30(19(18)22(32)34-2)15-9-13(23(25,26)27)8-14(24)10-15/h3-10,17H,29H2,1-2H3. The number of carbonyl (C=O) groups excluding carboxylic acids is 2. The van der Waals surface area contributed by atoms with Crippen LogP contribution in [0, 0.1) is 11.3 Å². The SMILES string of the molecule is COC(=O)C1=C(C(=O)OC)N(c2cc(Cl)cc(C(F)(F)F)c2)C(N)=C(C#N)C1c1ccccc1.